The lowest BCUT2D eigenvalue weighted by Gasteiger charge is -2.08. The van der Waals surface area contributed by atoms with Crippen molar-refractivity contribution in [2.45, 2.75) is 25.2 Å². The van der Waals surface area contributed by atoms with E-state index in [0.717, 1.165) is 17.9 Å². The number of aromatic nitrogens is 2. The molecule has 20 heavy (non-hydrogen) atoms. The summed E-state index contributed by atoms with van der Waals surface area (Å²) in [5.41, 5.74) is 1.19. The highest BCUT2D eigenvalue weighted by Crippen LogP contribution is 2.36. The second-order valence-electron chi connectivity index (χ2n) is 4.71. The Morgan fingerprint density at radius 3 is 2.70 bits per heavy atom. The molecular weight excluding hydrogens is 280 g/mol. The molecule has 1 aliphatic heterocycles. The number of ether oxygens (including phenoxy) is 1. The van der Waals surface area contributed by atoms with E-state index < -0.39 is 11.8 Å². The normalized spacial score (nSPS) is 20.8. The number of imidazole rings is 1. The summed E-state index contributed by atoms with van der Waals surface area (Å²) >= 11 is 5.83. The van der Waals surface area contributed by atoms with Crippen molar-refractivity contribution in [1.82, 2.24) is 9.55 Å². The number of nitrogens with zero attached hydrogens (tertiary/aromatic N) is 2. The molecule has 104 valence electrons. The van der Waals surface area contributed by atoms with E-state index in [1.807, 2.05) is 24.3 Å². The number of rotatable bonds is 5. The average Bonchev–Trinajstić information content (AvgIpc) is 2.86. The lowest BCUT2D eigenvalue weighted by atomic mass is 10.1. The Hall–Kier alpha value is -1.85. The Labute approximate surface area is 120 Å². The molecule has 1 unspecified atom stereocenters. The predicted molar refractivity (Wildman–Crippen MR) is 72.0 cm³/mol. The van der Waals surface area contributed by atoms with Crippen LogP contribution in [0.1, 0.15) is 17.8 Å². The highest BCUT2D eigenvalue weighted by molar-refractivity contribution is 6.30. The number of benzene rings is 1. The smallest absolute Gasteiger partial charge is 0.391 e. The molecule has 1 aromatic heterocycles. The molecule has 0 aliphatic carbocycles. The van der Waals surface area contributed by atoms with Crippen molar-refractivity contribution in [3.63, 3.8) is 0 Å². The van der Waals surface area contributed by atoms with E-state index in [2.05, 4.69) is 9.72 Å². The molecule has 0 saturated carbocycles. The van der Waals surface area contributed by atoms with Crippen molar-refractivity contribution in [3.05, 3.63) is 53.1 Å². The Kier molecular flexibility index (Phi) is 3.23. The van der Waals surface area contributed by atoms with E-state index in [0.29, 0.717) is 6.54 Å². The van der Waals surface area contributed by atoms with Gasteiger partial charge in [0, 0.05) is 24.0 Å². The van der Waals surface area contributed by atoms with Crippen LogP contribution in [0.2, 0.25) is 5.02 Å². The van der Waals surface area contributed by atoms with Crippen molar-refractivity contribution in [2.75, 3.05) is 0 Å². The minimum Gasteiger partial charge on any atom is -0.410 e. The van der Waals surface area contributed by atoms with E-state index >= 15 is 0 Å². The van der Waals surface area contributed by atoms with Crippen LogP contribution in [0, 0.1) is 0 Å². The molecule has 1 saturated heterocycles. The summed E-state index contributed by atoms with van der Waals surface area (Å²) in [5, 5.41) is 10.5. The minimum absolute atomic E-state index is 0.249. The largest absolute Gasteiger partial charge is 0.410 e. The van der Waals surface area contributed by atoms with Crippen LogP contribution >= 0.6 is 11.6 Å². The van der Waals surface area contributed by atoms with Gasteiger partial charge in [-0.15, -0.1) is 0 Å². The van der Waals surface area contributed by atoms with Crippen LogP contribution in [0.4, 0.5) is 0 Å². The van der Waals surface area contributed by atoms with Crippen LogP contribution in [-0.2, 0) is 28.3 Å². The molecule has 1 aliphatic rings. The maximum absolute atomic E-state index is 11.0. The number of aliphatic hydroxyl groups is 1. The Morgan fingerprint density at radius 1 is 1.35 bits per heavy atom. The Morgan fingerprint density at radius 2 is 2.05 bits per heavy atom. The van der Waals surface area contributed by atoms with Crippen molar-refractivity contribution >= 4 is 17.6 Å². The summed E-state index contributed by atoms with van der Waals surface area (Å²) in [7, 11) is 0. The number of carbonyl (C=O) groups is 1. The van der Waals surface area contributed by atoms with Crippen LogP contribution in [-0.4, -0.2) is 20.6 Å². The molecule has 2 aromatic rings. The zero-order chi connectivity index (χ0) is 14.2. The maximum atomic E-state index is 11.0. The van der Waals surface area contributed by atoms with Gasteiger partial charge < -0.3 is 14.4 Å². The second-order valence-corrected chi connectivity index (χ2v) is 5.14. The third-order valence-electron chi connectivity index (χ3n) is 3.27. The summed E-state index contributed by atoms with van der Waals surface area (Å²) in [4.78, 5) is 15.0. The van der Waals surface area contributed by atoms with Gasteiger partial charge in [-0.1, -0.05) is 23.7 Å². The first-order chi connectivity index (χ1) is 9.59. The van der Waals surface area contributed by atoms with Gasteiger partial charge in [-0.2, -0.15) is 0 Å². The van der Waals surface area contributed by atoms with Crippen LogP contribution in [0.5, 0.6) is 0 Å². The van der Waals surface area contributed by atoms with E-state index in [9.17, 15) is 9.90 Å². The summed E-state index contributed by atoms with van der Waals surface area (Å²) in [6.45, 7) is 0.650. The fourth-order valence-corrected chi connectivity index (χ4v) is 2.27. The quantitative estimate of drug-likeness (QED) is 0.854. The SMILES string of the molecule is O=C1OC1(O)c1nccn1CCCc1ccc(Cl)cc1. The van der Waals surface area contributed by atoms with Gasteiger partial charge in [-0.05, 0) is 30.5 Å². The van der Waals surface area contributed by atoms with Crippen LogP contribution in [0.25, 0.3) is 0 Å². The van der Waals surface area contributed by atoms with E-state index in [4.69, 9.17) is 11.6 Å². The molecular formula is C14H13ClN2O3. The highest BCUT2D eigenvalue weighted by atomic mass is 35.5. The third-order valence-corrected chi connectivity index (χ3v) is 3.52. The lowest BCUT2D eigenvalue weighted by Crippen LogP contribution is -2.17. The van der Waals surface area contributed by atoms with Gasteiger partial charge >= 0.3 is 11.8 Å². The number of halogens is 1. The zero-order valence-electron chi connectivity index (χ0n) is 10.6. The molecule has 1 atom stereocenters. The molecule has 0 radical (unpaired) electrons. The summed E-state index contributed by atoms with van der Waals surface area (Å²) in [6, 6.07) is 7.69. The van der Waals surface area contributed by atoms with Crippen molar-refractivity contribution in [1.29, 1.82) is 0 Å². The van der Waals surface area contributed by atoms with Crippen molar-refractivity contribution in [3.8, 4) is 0 Å². The fourth-order valence-electron chi connectivity index (χ4n) is 2.14. The number of aryl methyl sites for hydroxylation is 2. The van der Waals surface area contributed by atoms with E-state index in [-0.39, 0.29) is 5.82 Å². The molecule has 1 N–H and O–H groups in total. The topological polar surface area (TPSA) is 67.7 Å². The fraction of sp³-hybridized carbons (Fsp3) is 0.286. The molecule has 1 fully saturated rings. The van der Waals surface area contributed by atoms with Crippen LogP contribution in [0.15, 0.2) is 36.7 Å². The standard InChI is InChI=1S/C14H13ClN2O3/c15-11-5-3-10(4-6-11)2-1-8-17-9-7-16-12(17)14(19)13(18)20-14/h3-7,9,19H,1-2,8H2. The highest BCUT2D eigenvalue weighted by Gasteiger charge is 2.62. The molecule has 1 aromatic carbocycles. The number of cyclic esters (lactones) is 1. The van der Waals surface area contributed by atoms with Gasteiger partial charge in [-0.25, -0.2) is 9.78 Å². The average molecular weight is 293 g/mol. The van der Waals surface area contributed by atoms with E-state index in [1.165, 1.54) is 5.56 Å². The van der Waals surface area contributed by atoms with Gasteiger partial charge in [0.25, 0.3) is 0 Å². The number of hydrogen-bond donors (Lipinski definition) is 1. The first kappa shape index (κ1) is 13.1. The lowest BCUT2D eigenvalue weighted by molar-refractivity contribution is -0.118. The molecule has 6 heteroatoms. The number of hydrogen-bond acceptors (Lipinski definition) is 4. The van der Waals surface area contributed by atoms with Gasteiger partial charge in [0.2, 0.25) is 0 Å². The molecule has 2 heterocycles. The van der Waals surface area contributed by atoms with Gasteiger partial charge in [-0.3, -0.25) is 0 Å². The zero-order valence-corrected chi connectivity index (χ0v) is 11.4. The predicted octanol–water partition coefficient (Wildman–Crippen LogP) is 1.87. The van der Waals surface area contributed by atoms with E-state index in [1.54, 1.807) is 17.0 Å². The van der Waals surface area contributed by atoms with Gasteiger partial charge in [0.05, 0.1) is 0 Å². The summed E-state index contributed by atoms with van der Waals surface area (Å²) < 4.78 is 6.32. The Bertz CT molecular complexity index is 638. The molecule has 3 rings (SSSR count). The van der Waals surface area contributed by atoms with Crippen molar-refractivity contribution in [2.24, 2.45) is 0 Å². The second kappa shape index (κ2) is 4.92. The minimum atomic E-state index is -1.83. The monoisotopic (exact) mass is 292 g/mol. The van der Waals surface area contributed by atoms with Crippen molar-refractivity contribution < 1.29 is 14.6 Å². The van der Waals surface area contributed by atoms with Gasteiger partial charge in [0.1, 0.15) is 0 Å². The molecule has 5 nitrogen and oxygen atoms in total. The van der Waals surface area contributed by atoms with Crippen LogP contribution < -0.4 is 0 Å². The van der Waals surface area contributed by atoms with Crippen LogP contribution in [0.3, 0.4) is 0 Å². The Balaban J connectivity index is 1.61. The molecule has 0 spiro atoms. The maximum Gasteiger partial charge on any atom is 0.391 e. The first-order valence-corrected chi connectivity index (χ1v) is 6.69. The summed E-state index contributed by atoms with van der Waals surface area (Å²) in [5.74, 6) is -2.23. The van der Waals surface area contributed by atoms with Gasteiger partial charge in [0.15, 0.2) is 5.82 Å². The summed E-state index contributed by atoms with van der Waals surface area (Å²) in [6.07, 6.45) is 5.01. The number of epoxide rings is 1. The molecule has 0 bridgehead atoms. The number of carbonyl (C=O) groups excluding carboxylic acids is 1. The molecule has 0 amide bonds. The third kappa shape index (κ3) is 2.42. The first-order valence-electron chi connectivity index (χ1n) is 6.31.